The number of benzene rings is 2. The number of hydrogen-bond acceptors (Lipinski definition) is 5. The Morgan fingerprint density at radius 1 is 1.17 bits per heavy atom. The molecule has 0 saturated carbocycles. The van der Waals surface area contributed by atoms with E-state index in [1.807, 2.05) is 19.1 Å². The molecule has 1 aromatic heterocycles. The number of nitrogens with zero attached hydrogens (tertiary/aromatic N) is 3. The monoisotopic (exact) mass is 520 g/mol. The Hall–Kier alpha value is -3.04. The second-order valence-electron chi connectivity index (χ2n) is 9.19. The first-order valence-electron chi connectivity index (χ1n) is 11.6. The predicted octanol–water partition coefficient (Wildman–Crippen LogP) is 5.76. The fourth-order valence-electron chi connectivity index (χ4n) is 4.36. The number of fused-ring (bicyclic) bond motifs is 1. The lowest BCUT2D eigenvalue weighted by Crippen LogP contribution is -2.42. The van der Waals surface area contributed by atoms with Crippen LogP contribution in [0.2, 0.25) is 5.02 Å². The van der Waals surface area contributed by atoms with E-state index in [1.54, 1.807) is 6.07 Å². The molecule has 1 amide bonds. The van der Waals surface area contributed by atoms with Gasteiger partial charge in [0.2, 0.25) is 0 Å². The van der Waals surface area contributed by atoms with E-state index in [0.29, 0.717) is 11.7 Å². The Balaban J connectivity index is 1.40. The van der Waals surface area contributed by atoms with Gasteiger partial charge in [0.05, 0.1) is 16.1 Å². The molecule has 0 spiro atoms. The van der Waals surface area contributed by atoms with E-state index in [-0.39, 0.29) is 10.8 Å². The summed E-state index contributed by atoms with van der Waals surface area (Å²) in [7, 11) is 4.23. The van der Waals surface area contributed by atoms with Gasteiger partial charge in [-0.1, -0.05) is 11.6 Å². The zero-order chi connectivity index (χ0) is 26.0. The number of pyridine rings is 1. The van der Waals surface area contributed by atoms with Crippen LogP contribution in [0, 0.1) is 6.92 Å². The summed E-state index contributed by atoms with van der Waals surface area (Å²) in [6, 6.07) is 10.9. The van der Waals surface area contributed by atoms with Gasteiger partial charge in [-0.25, -0.2) is 4.98 Å². The zero-order valence-corrected chi connectivity index (χ0v) is 21.1. The van der Waals surface area contributed by atoms with Crippen molar-refractivity contribution in [3.05, 3.63) is 58.6 Å². The number of halogens is 4. The number of anilines is 2. The normalized spacial score (nSPS) is 14.9. The summed E-state index contributed by atoms with van der Waals surface area (Å²) in [6.07, 6.45) is -2.32. The fraction of sp³-hybridized carbons (Fsp3) is 0.385. The molecule has 1 N–H and O–H groups in total. The standard InChI is InChI=1S/C26H28ClF3N4O2/c1-16-12-24(34-10-8-19(9-11-34)33(2)3)32-22-6-5-18(14-20(16)22)31-25(35)15-36-23-7-4-17(13-21(23)27)26(28,29)30/h4-7,12-14,19H,8-11,15H2,1-3H3,(H,31,35). The maximum Gasteiger partial charge on any atom is 0.416 e. The van der Waals surface area contributed by atoms with Crippen LogP contribution >= 0.6 is 11.6 Å². The van der Waals surface area contributed by atoms with Crippen LogP contribution in [0.25, 0.3) is 10.9 Å². The first-order valence-corrected chi connectivity index (χ1v) is 12.0. The van der Waals surface area contributed by atoms with Crippen molar-refractivity contribution in [1.82, 2.24) is 9.88 Å². The Labute approximate surface area is 213 Å². The van der Waals surface area contributed by atoms with Crippen molar-refractivity contribution in [1.29, 1.82) is 0 Å². The molecule has 0 atom stereocenters. The molecule has 1 aliphatic rings. The zero-order valence-electron chi connectivity index (χ0n) is 20.3. The van der Waals surface area contributed by atoms with Gasteiger partial charge in [-0.2, -0.15) is 13.2 Å². The van der Waals surface area contributed by atoms with E-state index < -0.39 is 24.3 Å². The number of aryl methyl sites for hydroxylation is 1. The lowest BCUT2D eigenvalue weighted by Gasteiger charge is -2.36. The van der Waals surface area contributed by atoms with Gasteiger partial charge in [0, 0.05) is 30.2 Å². The van der Waals surface area contributed by atoms with Crippen molar-refractivity contribution < 1.29 is 22.7 Å². The minimum atomic E-state index is -4.51. The van der Waals surface area contributed by atoms with Crippen LogP contribution in [-0.2, 0) is 11.0 Å². The van der Waals surface area contributed by atoms with Gasteiger partial charge in [-0.3, -0.25) is 4.79 Å². The topological polar surface area (TPSA) is 57.7 Å². The smallest absolute Gasteiger partial charge is 0.416 e. The molecule has 1 saturated heterocycles. The van der Waals surface area contributed by atoms with Crippen molar-refractivity contribution in [3.8, 4) is 5.75 Å². The van der Waals surface area contributed by atoms with Crippen LogP contribution < -0.4 is 15.0 Å². The Bertz CT molecular complexity index is 1260. The number of alkyl halides is 3. The maximum atomic E-state index is 12.8. The number of carbonyl (C=O) groups is 1. The lowest BCUT2D eigenvalue weighted by atomic mass is 10.0. The highest BCUT2D eigenvalue weighted by Gasteiger charge is 2.31. The Morgan fingerprint density at radius 2 is 1.89 bits per heavy atom. The average Bonchev–Trinajstić information content (AvgIpc) is 2.83. The second-order valence-corrected chi connectivity index (χ2v) is 9.60. The summed E-state index contributed by atoms with van der Waals surface area (Å²) in [5.74, 6) is 0.493. The number of rotatable bonds is 6. The molecule has 2 heterocycles. The Morgan fingerprint density at radius 3 is 2.53 bits per heavy atom. The van der Waals surface area contributed by atoms with Gasteiger partial charge in [-0.05, 0) is 81.9 Å². The number of hydrogen-bond donors (Lipinski definition) is 1. The van der Waals surface area contributed by atoms with Gasteiger partial charge >= 0.3 is 6.18 Å². The van der Waals surface area contributed by atoms with Crippen molar-refractivity contribution in [2.24, 2.45) is 0 Å². The average molecular weight is 521 g/mol. The minimum Gasteiger partial charge on any atom is -0.482 e. The highest BCUT2D eigenvalue weighted by Crippen LogP contribution is 2.34. The molecule has 10 heteroatoms. The number of ether oxygens (including phenoxy) is 1. The van der Waals surface area contributed by atoms with E-state index in [0.717, 1.165) is 66.4 Å². The first kappa shape index (κ1) is 26.0. The van der Waals surface area contributed by atoms with Crippen molar-refractivity contribution in [3.63, 3.8) is 0 Å². The van der Waals surface area contributed by atoms with Gasteiger partial charge in [0.25, 0.3) is 5.91 Å². The number of piperidine rings is 1. The van der Waals surface area contributed by atoms with E-state index in [1.165, 1.54) is 0 Å². The third-order valence-electron chi connectivity index (χ3n) is 6.42. The summed E-state index contributed by atoms with van der Waals surface area (Å²) in [6.45, 7) is 3.53. The van der Waals surface area contributed by atoms with Crippen LogP contribution in [-0.4, -0.2) is 55.6 Å². The quantitative estimate of drug-likeness (QED) is 0.447. The Kier molecular flexibility index (Phi) is 7.61. The lowest BCUT2D eigenvalue weighted by molar-refractivity contribution is -0.137. The van der Waals surface area contributed by atoms with Crippen molar-refractivity contribution in [2.45, 2.75) is 32.0 Å². The van der Waals surface area contributed by atoms with Crippen LogP contribution in [0.5, 0.6) is 5.75 Å². The van der Waals surface area contributed by atoms with Crippen LogP contribution in [0.3, 0.4) is 0 Å². The molecule has 2 aromatic carbocycles. The van der Waals surface area contributed by atoms with Crippen molar-refractivity contribution in [2.75, 3.05) is 44.0 Å². The first-order chi connectivity index (χ1) is 17.0. The van der Waals surface area contributed by atoms with E-state index in [4.69, 9.17) is 21.3 Å². The molecule has 1 fully saturated rings. The number of nitrogens with one attached hydrogen (secondary N) is 1. The fourth-order valence-corrected chi connectivity index (χ4v) is 4.60. The van der Waals surface area contributed by atoms with Crippen LogP contribution in [0.15, 0.2) is 42.5 Å². The van der Waals surface area contributed by atoms with Gasteiger partial charge in [0.15, 0.2) is 6.61 Å². The molecule has 36 heavy (non-hydrogen) atoms. The molecule has 0 radical (unpaired) electrons. The molecule has 0 unspecified atom stereocenters. The molecule has 6 nitrogen and oxygen atoms in total. The van der Waals surface area contributed by atoms with Gasteiger partial charge in [-0.15, -0.1) is 0 Å². The molecule has 1 aliphatic heterocycles. The van der Waals surface area contributed by atoms with E-state index in [9.17, 15) is 18.0 Å². The van der Waals surface area contributed by atoms with Gasteiger partial charge in [0.1, 0.15) is 11.6 Å². The predicted molar refractivity (Wildman–Crippen MR) is 136 cm³/mol. The molecular formula is C26H28ClF3N4O2. The highest BCUT2D eigenvalue weighted by atomic mass is 35.5. The van der Waals surface area contributed by atoms with Gasteiger partial charge < -0.3 is 19.9 Å². The highest BCUT2D eigenvalue weighted by molar-refractivity contribution is 6.32. The molecule has 0 bridgehead atoms. The molecule has 4 rings (SSSR count). The maximum absolute atomic E-state index is 12.8. The third kappa shape index (κ3) is 6.02. The molecular weight excluding hydrogens is 493 g/mol. The largest absolute Gasteiger partial charge is 0.482 e. The minimum absolute atomic E-state index is 0.000479. The summed E-state index contributed by atoms with van der Waals surface area (Å²) in [5.41, 5.74) is 1.57. The number of aromatic nitrogens is 1. The summed E-state index contributed by atoms with van der Waals surface area (Å²) in [5, 5.41) is 3.46. The summed E-state index contributed by atoms with van der Waals surface area (Å²) < 4.78 is 43.7. The SMILES string of the molecule is Cc1cc(N2CCC(N(C)C)CC2)nc2ccc(NC(=O)COc3ccc(C(F)(F)F)cc3Cl)cc12. The molecule has 3 aromatic rings. The van der Waals surface area contributed by atoms with Crippen molar-refractivity contribution >= 4 is 39.9 Å². The number of carbonyl (C=O) groups excluding carboxylic acids is 1. The van der Waals surface area contributed by atoms with Crippen LogP contribution in [0.1, 0.15) is 24.0 Å². The second kappa shape index (κ2) is 10.5. The summed E-state index contributed by atoms with van der Waals surface area (Å²) >= 11 is 5.88. The molecule has 0 aliphatic carbocycles. The summed E-state index contributed by atoms with van der Waals surface area (Å²) in [4.78, 5) is 21.8. The van der Waals surface area contributed by atoms with E-state index in [2.05, 4.69) is 35.3 Å². The third-order valence-corrected chi connectivity index (χ3v) is 6.72. The number of amides is 1. The van der Waals surface area contributed by atoms with Crippen LogP contribution in [0.4, 0.5) is 24.7 Å². The molecule has 192 valence electrons. The van der Waals surface area contributed by atoms with E-state index >= 15 is 0 Å².